The van der Waals surface area contributed by atoms with Gasteiger partial charge in [0.15, 0.2) is 5.95 Å². The molecular weight excluding hydrogens is 227 g/mol. The highest BCUT2D eigenvalue weighted by atomic mass is 19.3. The lowest BCUT2D eigenvalue weighted by Gasteiger charge is -2.06. The maximum Gasteiger partial charge on any atom is 0.310 e. The molecule has 1 N–H and O–H groups in total. The van der Waals surface area contributed by atoms with Crippen molar-refractivity contribution in [2.75, 3.05) is 7.11 Å². The lowest BCUT2D eigenvalue weighted by atomic mass is 10.1. The molecule has 1 aromatic rings. The van der Waals surface area contributed by atoms with Crippen LogP contribution < -0.4 is 5.56 Å². The van der Waals surface area contributed by atoms with E-state index >= 15 is 0 Å². The van der Waals surface area contributed by atoms with Crippen LogP contribution >= 0.6 is 0 Å². The summed E-state index contributed by atoms with van der Waals surface area (Å²) < 4.78 is 41.9. The quantitative estimate of drug-likeness (QED) is 0.631. The fraction of sp³-hybridized carbons (Fsp3) is 0.333. The van der Waals surface area contributed by atoms with Crippen LogP contribution in [0, 0.1) is 5.95 Å². The number of pyridine rings is 1. The number of hydrogen-bond acceptors (Lipinski definition) is 3. The van der Waals surface area contributed by atoms with Gasteiger partial charge in [0.2, 0.25) is 0 Å². The Bertz CT molecular complexity index is 456. The van der Waals surface area contributed by atoms with E-state index in [9.17, 15) is 22.8 Å². The zero-order chi connectivity index (χ0) is 12.3. The predicted molar refractivity (Wildman–Crippen MR) is 47.7 cm³/mol. The smallest absolute Gasteiger partial charge is 0.310 e. The normalized spacial score (nSPS) is 10.6. The minimum atomic E-state index is -3.03. The fourth-order valence-electron chi connectivity index (χ4n) is 1.17. The lowest BCUT2D eigenvalue weighted by molar-refractivity contribution is -0.139. The van der Waals surface area contributed by atoms with Crippen molar-refractivity contribution in [3.8, 4) is 0 Å². The first kappa shape index (κ1) is 12.3. The molecule has 1 heterocycles. The van der Waals surface area contributed by atoms with Crippen LogP contribution in [0.4, 0.5) is 13.2 Å². The van der Waals surface area contributed by atoms with Gasteiger partial charge in [-0.1, -0.05) is 0 Å². The third-order valence-electron chi connectivity index (χ3n) is 1.92. The summed E-state index contributed by atoms with van der Waals surface area (Å²) >= 11 is 0. The lowest BCUT2D eigenvalue weighted by Crippen LogP contribution is -2.21. The number of carbonyl (C=O) groups is 1. The van der Waals surface area contributed by atoms with E-state index in [2.05, 4.69) is 4.74 Å². The van der Waals surface area contributed by atoms with E-state index in [0.717, 1.165) is 7.11 Å². The average Bonchev–Trinajstić information content (AvgIpc) is 2.20. The van der Waals surface area contributed by atoms with Gasteiger partial charge in [0.25, 0.3) is 12.0 Å². The Morgan fingerprint density at radius 3 is 2.69 bits per heavy atom. The average molecular weight is 235 g/mol. The zero-order valence-electron chi connectivity index (χ0n) is 8.22. The number of rotatable bonds is 3. The van der Waals surface area contributed by atoms with Crippen molar-refractivity contribution in [3.05, 3.63) is 33.5 Å². The summed E-state index contributed by atoms with van der Waals surface area (Å²) in [6.07, 6.45) is -3.65. The number of H-pyrrole nitrogens is 1. The molecule has 0 bridgehead atoms. The van der Waals surface area contributed by atoms with Gasteiger partial charge in [-0.3, -0.25) is 14.6 Å². The monoisotopic (exact) mass is 235 g/mol. The zero-order valence-corrected chi connectivity index (χ0v) is 8.22. The highest BCUT2D eigenvalue weighted by molar-refractivity contribution is 5.72. The fourth-order valence-corrected chi connectivity index (χ4v) is 1.17. The first-order valence-corrected chi connectivity index (χ1v) is 4.22. The van der Waals surface area contributed by atoms with E-state index in [0.29, 0.717) is 6.07 Å². The van der Waals surface area contributed by atoms with Gasteiger partial charge in [0.1, 0.15) is 0 Å². The summed E-state index contributed by atoms with van der Waals surface area (Å²) in [7, 11) is 1.06. The molecule has 0 amide bonds. The molecule has 0 aliphatic rings. The molecule has 0 saturated carbocycles. The molecule has 1 aromatic heterocycles. The van der Waals surface area contributed by atoms with Crippen molar-refractivity contribution in [2.45, 2.75) is 12.8 Å². The molecule has 0 aliphatic heterocycles. The minimum Gasteiger partial charge on any atom is -0.469 e. The van der Waals surface area contributed by atoms with Gasteiger partial charge in [0, 0.05) is 17.2 Å². The molecule has 16 heavy (non-hydrogen) atoms. The van der Waals surface area contributed by atoms with Gasteiger partial charge < -0.3 is 4.74 Å². The highest BCUT2D eigenvalue weighted by Gasteiger charge is 2.20. The second kappa shape index (κ2) is 4.82. The number of halogens is 3. The summed E-state index contributed by atoms with van der Waals surface area (Å²) in [4.78, 5) is 23.8. The first-order chi connectivity index (χ1) is 7.45. The second-order valence-electron chi connectivity index (χ2n) is 2.93. The maximum absolute atomic E-state index is 12.7. The van der Waals surface area contributed by atoms with Gasteiger partial charge in [-0.05, 0) is 0 Å². The molecule has 0 aliphatic carbocycles. The molecule has 0 spiro atoms. The molecule has 0 radical (unpaired) electrons. The molecule has 7 heteroatoms. The Morgan fingerprint density at radius 2 is 2.19 bits per heavy atom. The third-order valence-corrected chi connectivity index (χ3v) is 1.92. The Kier molecular flexibility index (Phi) is 3.70. The van der Waals surface area contributed by atoms with Gasteiger partial charge >= 0.3 is 5.97 Å². The van der Waals surface area contributed by atoms with Crippen molar-refractivity contribution in [1.82, 2.24) is 4.98 Å². The van der Waals surface area contributed by atoms with E-state index in [4.69, 9.17) is 0 Å². The molecule has 1 rings (SSSR count). The molecule has 0 atom stereocenters. The van der Waals surface area contributed by atoms with Crippen LogP contribution in [0.5, 0.6) is 0 Å². The summed E-state index contributed by atoms with van der Waals surface area (Å²) in [6.45, 7) is 0. The van der Waals surface area contributed by atoms with Crippen molar-refractivity contribution in [2.24, 2.45) is 0 Å². The minimum absolute atomic E-state index is 0.483. The van der Waals surface area contributed by atoms with Crippen molar-refractivity contribution >= 4 is 5.97 Å². The SMILES string of the molecule is COC(=O)Cc1c(C(F)F)cc(F)[nH]c1=O. The van der Waals surface area contributed by atoms with Crippen molar-refractivity contribution < 1.29 is 22.7 Å². The number of carbonyl (C=O) groups excluding carboxylic acids is 1. The number of aromatic nitrogens is 1. The van der Waals surface area contributed by atoms with E-state index < -0.39 is 41.4 Å². The predicted octanol–water partition coefficient (Wildman–Crippen LogP) is 1.17. The van der Waals surface area contributed by atoms with Gasteiger partial charge in [0.05, 0.1) is 13.5 Å². The van der Waals surface area contributed by atoms with Crippen molar-refractivity contribution in [3.63, 3.8) is 0 Å². The van der Waals surface area contributed by atoms with Crippen LogP contribution in [-0.2, 0) is 16.0 Å². The van der Waals surface area contributed by atoms with Crippen LogP contribution in [0.15, 0.2) is 10.9 Å². The van der Waals surface area contributed by atoms with E-state index in [1.807, 2.05) is 0 Å². The molecule has 0 fully saturated rings. The second-order valence-corrected chi connectivity index (χ2v) is 2.93. The molecule has 0 aromatic carbocycles. The first-order valence-electron chi connectivity index (χ1n) is 4.22. The number of nitrogens with one attached hydrogen (secondary N) is 1. The van der Waals surface area contributed by atoms with Crippen molar-refractivity contribution in [1.29, 1.82) is 0 Å². The summed E-state index contributed by atoms with van der Waals surface area (Å²) in [5, 5.41) is 0. The van der Waals surface area contributed by atoms with Crippen LogP contribution in [0.25, 0.3) is 0 Å². The number of esters is 1. The molecule has 0 saturated heterocycles. The summed E-state index contributed by atoms with van der Waals surface area (Å²) in [5.74, 6) is -2.02. The Hall–Kier alpha value is -1.79. The van der Waals surface area contributed by atoms with Gasteiger partial charge in [-0.2, -0.15) is 4.39 Å². The Balaban J connectivity index is 3.24. The van der Waals surface area contributed by atoms with Crippen LogP contribution in [0.3, 0.4) is 0 Å². The van der Waals surface area contributed by atoms with E-state index in [1.165, 1.54) is 0 Å². The number of alkyl halides is 2. The summed E-state index contributed by atoms with van der Waals surface area (Å²) in [6, 6.07) is 0.490. The van der Waals surface area contributed by atoms with Crippen LogP contribution in [-0.4, -0.2) is 18.1 Å². The highest BCUT2D eigenvalue weighted by Crippen LogP contribution is 2.21. The molecule has 4 nitrogen and oxygen atoms in total. The Morgan fingerprint density at radius 1 is 1.56 bits per heavy atom. The van der Waals surface area contributed by atoms with Gasteiger partial charge in [-0.15, -0.1) is 0 Å². The van der Waals surface area contributed by atoms with E-state index in [-0.39, 0.29) is 0 Å². The molecular formula is C9H8F3NO3. The third kappa shape index (κ3) is 2.62. The standard InChI is InChI=1S/C9H8F3NO3/c1-16-7(14)3-5-4(8(11)12)2-6(10)13-9(5)15/h2,8H,3H2,1H3,(H,13,15). The van der Waals surface area contributed by atoms with Gasteiger partial charge in [-0.25, -0.2) is 8.78 Å². The summed E-state index contributed by atoms with van der Waals surface area (Å²) in [5.41, 5.74) is -2.34. The Labute approximate surface area is 88.0 Å². The van der Waals surface area contributed by atoms with E-state index in [1.54, 1.807) is 4.98 Å². The van der Waals surface area contributed by atoms with Crippen LogP contribution in [0.1, 0.15) is 17.6 Å². The molecule has 88 valence electrons. The van der Waals surface area contributed by atoms with Crippen LogP contribution in [0.2, 0.25) is 0 Å². The number of hydrogen-bond donors (Lipinski definition) is 1. The largest absolute Gasteiger partial charge is 0.469 e. The topological polar surface area (TPSA) is 59.2 Å². The number of methoxy groups -OCH3 is 1. The number of aromatic amines is 1. The maximum atomic E-state index is 12.7. The molecule has 0 unspecified atom stereocenters. The number of ether oxygens (including phenoxy) is 1.